The Kier molecular flexibility index (Phi) is 43.2. The van der Waals surface area contributed by atoms with Crippen molar-refractivity contribution >= 4 is 11.9 Å². The number of unbranched alkanes of at least 4 members (excludes halogenated alkanes) is 31. The van der Waals surface area contributed by atoms with E-state index in [0.717, 1.165) is 77.0 Å². The predicted molar refractivity (Wildman–Crippen MR) is 232 cm³/mol. The van der Waals surface area contributed by atoms with Gasteiger partial charge in [-0.05, 0) is 51.4 Å². The first-order valence-corrected chi connectivity index (χ1v) is 23.9. The number of carbonyl (C=O) groups is 2. The molecule has 6 nitrogen and oxygen atoms in total. The molecule has 0 bridgehead atoms. The van der Waals surface area contributed by atoms with Gasteiger partial charge in [0.1, 0.15) is 0 Å². The molecule has 2 atom stereocenters. The number of aliphatic hydroxyl groups excluding tert-OH is 2. The third kappa shape index (κ3) is 40.3. The zero-order valence-electron chi connectivity index (χ0n) is 36.2. The fourth-order valence-corrected chi connectivity index (χ4v) is 7.34. The van der Waals surface area contributed by atoms with Gasteiger partial charge in [-0.15, -0.1) is 0 Å². The average Bonchev–Trinajstić information content (AvgIpc) is 3.17. The van der Waals surface area contributed by atoms with E-state index in [-0.39, 0.29) is 18.5 Å². The molecule has 0 aromatic carbocycles. The molecule has 0 aliphatic carbocycles. The molecule has 0 heterocycles. The predicted octanol–water partition coefficient (Wildman–Crippen LogP) is 13.8. The van der Waals surface area contributed by atoms with Crippen molar-refractivity contribution in [1.29, 1.82) is 0 Å². The van der Waals surface area contributed by atoms with Crippen LogP contribution in [0.2, 0.25) is 0 Å². The van der Waals surface area contributed by atoms with Crippen molar-refractivity contribution in [1.82, 2.24) is 5.32 Å². The third-order valence-corrected chi connectivity index (χ3v) is 11.1. The fourth-order valence-electron chi connectivity index (χ4n) is 7.34. The molecule has 0 aromatic heterocycles. The first-order chi connectivity index (χ1) is 26.5. The lowest BCUT2D eigenvalue weighted by Gasteiger charge is -2.22. The fraction of sp³-hybridized carbons (Fsp3) is 0.917. The number of allylic oxidation sites excluding steroid dienone is 2. The van der Waals surface area contributed by atoms with Gasteiger partial charge >= 0.3 is 5.97 Å². The van der Waals surface area contributed by atoms with Gasteiger partial charge < -0.3 is 20.3 Å². The molecular formula is C48H93NO5. The van der Waals surface area contributed by atoms with E-state index in [4.69, 9.17) is 4.74 Å². The summed E-state index contributed by atoms with van der Waals surface area (Å²) in [5.41, 5.74) is 0. The van der Waals surface area contributed by atoms with Crippen LogP contribution in [-0.4, -0.2) is 47.4 Å². The zero-order valence-corrected chi connectivity index (χ0v) is 36.2. The lowest BCUT2D eigenvalue weighted by atomic mass is 10.0. The minimum Gasteiger partial charge on any atom is -0.466 e. The first kappa shape index (κ1) is 52.6. The van der Waals surface area contributed by atoms with Gasteiger partial charge in [-0.25, -0.2) is 0 Å². The Labute approximate surface area is 336 Å². The molecule has 0 aromatic rings. The topological polar surface area (TPSA) is 95.9 Å². The SMILES string of the molecule is CCCCCCCCCCCCCCCCCCC(=O)OCCCC/C=C\CCCCCCC(=O)NC(CO)C(O)CCCCCCCCCCCCC. The Hall–Kier alpha value is -1.40. The normalized spacial score (nSPS) is 12.7. The van der Waals surface area contributed by atoms with Crippen LogP contribution in [0.3, 0.4) is 0 Å². The maximum Gasteiger partial charge on any atom is 0.305 e. The van der Waals surface area contributed by atoms with E-state index < -0.39 is 12.1 Å². The molecule has 54 heavy (non-hydrogen) atoms. The Balaban J connectivity index is 3.50. The number of carbonyl (C=O) groups excluding carboxylic acids is 2. The molecule has 0 aliphatic heterocycles. The van der Waals surface area contributed by atoms with Crippen LogP contribution in [0, 0.1) is 0 Å². The van der Waals surface area contributed by atoms with E-state index in [9.17, 15) is 19.8 Å². The smallest absolute Gasteiger partial charge is 0.305 e. The Morgan fingerprint density at radius 2 is 0.870 bits per heavy atom. The van der Waals surface area contributed by atoms with Crippen LogP contribution in [0.15, 0.2) is 12.2 Å². The van der Waals surface area contributed by atoms with Crippen molar-refractivity contribution in [3.05, 3.63) is 12.2 Å². The molecule has 0 fully saturated rings. The number of hydrogen-bond donors (Lipinski definition) is 3. The third-order valence-electron chi connectivity index (χ3n) is 11.1. The molecule has 0 rings (SSSR count). The second-order valence-corrected chi connectivity index (χ2v) is 16.4. The van der Waals surface area contributed by atoms with Gasteiger partial charge in [0, 0.05) is 12.8 Å². The van der Waals surface area contributed by atoms with Crippen molar-refractivity contribution in [2.75, 3.05) is 13.2 Å². The van der Waals surface area contributed by atoms with Gasteiger partial charge in [0.05, 0.1) is 25.4 Å². The van der Waals surface area contributed by atoms with Crippen LogP contribution in [-0.2, 0) is 14.3 Å². The van der Waals surface area contributed by atoms with Gasteiger partial charge in [-0.1, -0.05) is 206 Å². The Morgan fingerprint density at radius 3 is 1.31 bits per heavy atom. The summed E-state index contributed by atoms with van der Waals surface area (Å²) >= 11 is 0. The molecule has 0 aliphatic rings. The molecule has 2 unspecified atom stereocenters. The lowest BCUT2D eigenvalue weighted by Crippen LogP contribution is -2.45. The highest BCUT2D eigenvalue weighted by atomic mass is 16.5. The summed E-state index contributed by atoms with van der Waals surface area (Å²) in [5, 5.41) is 23.1. The van der Waals surface area contributed by atoms with Crippen molar-refractivity contribution in [2.24, 2.45) is 0 Å². The monoisotopic (exact) mass is 764 g/mol. The number of rotatable bonds is 44. The van der Waals surface area contributed by atoms with Gasteiger partial charge in [0.2, 0.25) is 5.91 Å². The Morgan fingerprint density at radius 1 is 0.500 bits per heavy atom. The molecule has 6 heteroatoms. The first-order valence-electron chi connectivity index (χ1n) is 23.9. The second-order valence-electron chi connectivity index (χ2n) is 16.4. The van der Waals surface area contributed by atoms with Gasteiger partial charge in [-0.2, -0.15) is 0 Å². The van der Waals surface area contributed by atoms with Crippen LogP contribution in [0.4, 0.5) is 0 Å². The molecule has 320 valence electrons. The largest absolute Gasteiger partial charge is 0.466 e. The summed E-state index contributed by atoms with van der Waals surface area (Å²) in [5.74, 6) is -0.105. The van der Waals surface area contributed by atoms with Crippen LogP contribution in [0.25, 0.3) is 0 Å². The molecule has 0 saturated heterocycles. The number of esters is 1. The van der Waals surface area contributed by atoms with Crippen molar-refractivity contribution < 1.29 is 24.5 Å². The lowest BCUT2D eigenvalue weighted by molar-refractivity contribution is -0.143. The average molecular weight is 764 g/mol. The number of aliphatic hydroxyl groups is 2. The summed E-state index contributed by atoms with van der Waals surface area (Å²) < 4.78 is 5.43. The van der Waals surface area contributed by atoms with Crippen LogP contribution < -0.4 is 5.32 Å². The summed E-state index contributed by atoms with van der Waals surface area (Å²) in [7, 11) is 0. The van der Waals surface area contributed by atoms with E-state index in [1.54, 1.807) is 0 Å². The van der Waals surface area contributed by atoms with Gasteiger partial charge in [0.25, 0.3) is 0 Å². The second kappa shape index (κ2) is 44.3. The summed E-state index contributed by atoms with van der Waals surface area (Å²) in [4.78, 5) is 24.4. The standard InChI is InChI=1S/C48H93NO5/c1-3-5-7-9-11-13-15-16-17-18-19-21-26-30-34-38-42-48(53)54-43-39-35-31-27-23-22-25-29-33-37-41-47(52)49-45(44-50)46(51)40-36-32-28-24-20-14-12-10-8-6-4-2/h23,27,45-46,50-51H,3-22,24-26,28-44H2,1-2H3,(H,49,52)/b27-23-. The van der Waals surface area contributed by atoms with Crippen LogP contribution in [0.5, 0.6) is 0 Å². The van der Waals surface area contributed by atoms with Gasteiger partial charge in [0.15, 0.2) is 0 Å². The number of hydrogen-bond acceptors (Lipinski definition) is 5. The van der Waals surface area contributed by atoms with E-state index in [0.29, 0.717) is 25.9 Å². The maximum absolute atomic E-state index is 12.4. The Bertz CT molecular complexity index is 802. The molecule has 0 radical (unpaired) electrons. The summed E-state index contributed by atoms with van der Waals surface area (Å²) in [6.45, 7) is 4.86. The van der Waals surface area contributed by atoms with Gasteiger partial charge in [-0.3, -0.25) is 9.59 Å². The number of nitrogens with one attached hydrogen (secondary N) is 1. The van der Waals surface area contributed by atoms with Crippen LogP contribution in [0.1, 0.15) is 258 Å². The van der Waals surface area contributed by atoms with E-state index in [1.165, 1.54) is 148 Å². The highest BCUT2D eigenvalue weighted by molar-refractivity contribution is 5.76. The number of ether oxygens (including phenoxy) is 1. The highest BCUT2D eigenvalue weighted by Crippen LogP contribution is 2.16. The minimum absolute atomic E-state index is 0.0333. The van der Waals surface area contributed by atoms with E-state index in [1.807, 2.05) is 0 Å². The van der Waals surface area contributed by atoms with Crippen LogP contribution >= 0.6 is 0 Å². The molecule has 0 saturated carbocycles. The summed E-state index contributed by atoms with van der Waals surface area (Å²) in [6.07, 6.45) is 48.9. The zero-order chi connectivity index (χ0) is 39.4. The maximum atomic E-state index is 12.4. The molecular weight excluding hydrogens is 671 g/mol. The van der Waals surface area contributed by atoms with Crippen molar-refractivity contribution in [3.63, 3.8) is 0 Å². The van der Waals surface area contributed by atoms with Crippen molar-refractivity contribution in [3.8, 4) is 0 Å². The van der Waals surface area contributed by atoms with E-state index in [2.05, 4.69) is 31.3 Å². The molecule has 3 N–H and O–H groups in total. The van der Waals surface area contributed by atoms with E-state index >= 15 is 0 Å². The number of amides is 1. The molecule has 0 spiro atoms. The van der Waals surface area contributed by atoms with Crippen molar-refractivity contribution in [2.45, 2.75) is 270 Å². The minimum atomic E-state index is -0.683. The summed E-state index contributed by atoms with van der Waals surface area (Å²) in [6, 6.07) is -0.564. The highest BCUT2D eigenvalue weighted by Gasteiger charge is 2.20. The molecule has 1 amide bonds. The quantitative estimate of drug-likeness (QED) is 0.0326.